The first-order valence-corrected chi connectivity index (χ1v) is 11.5. The van der Waals surface area contributed by atoms with Crippen LogP contribution in [0.2, 0.25) is 18.1 Å². The van der Waals surface area contributed by atoms with Gasteiger partial charge in [0.1, 0.15) is 5.60 Å². The molecule has 0 aliphatic rings. The molecule has 0 heterocycles. The molecule has 0 fully saturated rings. The van der Waals surface area contributed by atoms with Gasteiger partial charge in [-0.3, -0.25) is 0 Å². The van der Waals surface area contributed by atoms with Crippen LogP contribution in [0, 0.1) is 12.3 Å². The lowest BCUT2D eigenvalue weighted by molar-refractivity contribution is 0.0283. The molecule has 0 aromatic carbocycles. The summed E-state index contributed by atoms with van der Waals surface area (Å²) in [5.74, 6) is 2.42. The minimum atomic E-state index is -2.14. The highest BCUT2D eigenvalue weighted by Crippen LogP contribution is 2.38. The monoisotopic (exact) mass is 369 g/mol. The third-order valence-electron chi connectivity index (χ3n) is 4.25. The fourth-order valence-corrected chi connectivity index (χ4v) is 3.15. The molecule has 144 valence electrons. The molecular formula is C19H35NO4Si. The van der Waals surface area contributed by atoms with Gasteiger partial charge in [0.05, 0.1) is 18.2 Å². The molecule has 0 aliphatic heterocycles. The number of nitrogens with one attached hydrogen (secondary N) is 1. The highest BCUT2D eigenvalue weighted by Gasteiger charge is 2.41. The van der Waals surface area contributed by atoms with E-state index in [4.69, 9.17) is 15.6 Å². The van der Waals surface area contributed by atoms with Crippen molar-refractivity contribution in [3.63, 3.8) is 0 Å². The average molecular weight is 370 g/mol. The first-order valence-electron chi connectivity index (χ1n) is 8.56. The minimum absolute atomic E-state index is 0.0260. The summed E-state index contributed by atoms with van der Waals surface area (Å²) in [5.41, 5.74) is -0.643. The van der Waals surface area contributed by atoms with Gasteiger partial charge in [0.25, 0.3) is 0 Å². The van der Waals surface area contributed by atoms with E-state index in [1.165, 1.54) is 0 Å². The molecule has 0 aromatic heterocycles. The fourth-order valence-electron chi connectivity index (χ4n) is 1.87. The molecule has 3 atom stereocenters. The summed E-state index contributed by atoms with van der Waals surface area (Å²) in [6.07, 6.45) is 4.85. The molecular weight excluding hydrogens is 334 g/mol. The number of aliphatic hydroxyl groups is 1. The normalized spacial score (nSPS) is 16.3. The van der Waals surface area contributed by atoms with Crippen LogP contribution in [-0.4, -0.2) is 43.4 Å². The van der Waals surface area contributed by atoms with Gasteiger partial charge in [-0.25, -0.2) is 4.79 Å². The van der Waals surface area contributed by atoms with Crippen molar-refractivity contribution in [1.82, 2.24) is 5.32 Å². The third-order valence-corrected chi connectivity index (χ3v) is 8.72. The molecule has 25 heavy (non-hydrogen) atoms. The van der Waals surface area contributed by atoms with Crippen LogP contribution in [-0.2, 0) is 9.16 Å². The van der Waals surface area contributed by atoms with Crippen LogP contribution in [0.4, 0.5) is 4.79 Å². The van der Waals surface area contributed by atoms with Gasteiger partial charge in [0.2, 0.25) is 0 Å². The van der Waals surface area contributed by atoms with Crippen LogP contribution in [0.1, 0.15) is 48.0 Å². The molecule has 0 bridgehead atoms. The second-order valence-corrected chi connectivity index (χ2v) is 13.5. The van der Waals surface area contributed by atoms with Gasteiger partial charge in [0, 0.05) is 6.42 Å². The lowest BCUT2D eigenvalue weighted by Gasteiger charge is -2.41. The number of amides is 1. The Morgan fingerprint density at radius 3 is 2.20 bits per heavy atom. The number of hydrogen-bond acceptors (Lipinski definition) is 4. The number of carbonyl (C=O) groups is 1. The molecule has 0 aromatic rings. The number of rotatable bonds is 7. The van der Waals surface area contributed by atoms with E-state index < -0.39 is 38.3 Å². The van der Waals surface area contributed by atoms with Crippen LogP contribution in [0.5, 0.6) is 0 Å². The zero-order chi connectivity index (χ0) is 20.1. The fraction of sp³-hybridized carbons (Fsp3) is 0.737. The topological polar surface area (TPSA) is 67.8 Å². The third kappa shape index (κ3) is 8.08. The largest absolute Gasteiger partial charge is 0.444 e. The standard InChI is InChI=1S/C19H35NO4Si/c1-11-13-14(21)16(20-17(22)23-18(3,4)5)15(12-2)24-25(9,10)19(6,7)8/h1,12,14-16,21H,2,13H2,3-10H3,(H,20,22)/t14-,15-,16+/m1/s1. The average Bonchev–Trinajstić information content (AvgIpc) is 2.39. The lowest BCUT2D eigenvalue weighted by atomic mass is 10.0. The Kier molecular flexibility index (Phi) is 8.42. The summed E-state index contributed by atoms with van der Waals surface area (Å²) >= 11 is 0. The van der Waals surface area contributed by atoms with Crippen molar-refractivity contribution in [2.24, 2.45) is 0 Å². The van der Waals surface area contributed by atoms with Crippen LogP contribution in [0.3, 0.4) is 0 Å². The van der Waals surface area contributed by atoms with E-state index in [-0.39, 0.29) is 11.5 Å². The molecule has 0 spiro atoms. The van der Waals surface area contributed by atoms with Crippen LogP contribution < -0.4 is 5.32 Å². The van der Waals surface area contributed by atoms with Gasteiger partial charge in [0.15, 0.2) is 8.32 Å². The quantitative estimate of drug-likeness (QED) is 0.406. The summed E-state index contributed by atoms with van der Waals surface area (Å²) in [4.78, 5) is 12.2. The predicted octanol–water partition coefficient (Wildman–Crippen LogP) is 3.84. The molecule has 0 radical (unpaired) electrons. The van der Waals surface area contributed by atoms with Gasteiger partial charge in [-0.05, 0) is 38.9 Å². The maximum atomic E-state index is 12.2. The van der Waals surface area contributed by atoms with E-state index in [9.17, 15) is 9.90 Å². The van der Waals surface area contributed by atoms with Crippen molar-refractivity contribution >= 4 is 14.4 Å². The molecule has 0 saturated carbocycles. The predicted molar refractivity (Wildman–Crippen MR) is 105 cm³/mol. The number of terminal acetylenes is 1. The van der Waals surface area contributed by atoms with E-state index in [2.05, 4.69) is 51.7 Å². The first-order chi connectivity index (χ1) is 11.1. The molecule has 1 amide bonds. The van der Waals surface area contributed by atoms with Gasteiger partial charge < -0.3 is 19.6 Å². The Balaban J connectivity index is 5.46. The summed E-state index contributed by atoms with van der Waals surface area (Å²) < 4.78 is 11.6. The van der Waals surface area contributed by atoms with Gasteiger partial charge >= 0.3 is 6.09 Å². The molecule has 6 heteroatoms. The van der Waals surface area contributed by atoms with Gasteiger partial charge in [-0.1, -0.05) is 26.8 Å². The Hall–Kier alpha value is -1.29. The number of aliphatic hydroxyl groups excluding tert-OH is 1. The van der Waals surface area contributed by atoms with E-state index in [0.29, 0.717) is 0 Å². The Labute approximate surface area is 154 Å². The summed E-state index contributed by atoms with van der Waals surface area (Å²) in [5, 5.41) is 13.1. The summed E-state index contributed by atoms with van der Waals surface area (Å²) in [7, 11) is -2.14. The lowest BCUT2D eigenvalue weighted by Crippen LogP contribution is -2.56. The Morgan fingerprint density at radius 1 is 1.32 bits per heavy atom. The van der Waals surface area contributed by atoms with Crippen molar-refractivity contribution in [1.29, 1.82) is 0 Å². The smallest absolute Gasteiger partial charge is 0.408 e. The van der Waals surface area contributed by atoms with E-state index in [1.54, 1.807) is 26.8 Å². The first kappa shape index (κ1) is 23.7. The maximum Gasteiger partial charge on any atom is 0.408 e. The second-order valence-electron chi connectivity index (χ2n) is 8.73. The number of hydrogen-bond donors (Lipinski definition) is 2. The minimum Gasteiger partial charge on any atom is -0.444 e. The number of carbonyl (C=O) groups excluding carboxylic acids is 1. The Morgan fingerprint density at radius 2 is 1.84 bits per heavy atom. The maximum absolute atomic E-state index is 12.2. The van der Waals surface area contributed by atoms with Crippen molar-refractivity contribution < 1.29 is 19.1 Å². The van der Waals surface area contributed by atoms with E-state index >= 15 is 0 Å². The molecule has 0 aliphatic carbocycles. The van der Waals surface area contributed by atoms with Crippen molar-refractivity contribution in [2.75, 3.05) is 0 Å². The SMILES string of the molecule is C#CC[C@@H](O)[C@H](NC(=O)OC(C)(C)C)[C@@H](C=C)O[Si](C)(C)C(C)(C)C. The molecule has 2 N–H and O–H groups in total. The van der Waals surface area contributed by atoms with Crippen LogP contribution in [0.25, 0.3) is 0 Å². The number of alkyl carbamates (subject to hydrolysis) is 1. The van der Waals surface area contributed by atoms with E-state index in [1.807, 2.05) is 0 Å². The highest BCUT2D eigenvalue weighted by atomic mass is 28.4. The second kappa shape index (κ2) is 8.88. The van der Waals surface area contributed by atoms with Crippen LogP contribution in [0.15, 0.2) is 12.7 Å². The molecule has 5 nitrogen and oxygen atoms in total. The van der Waals surface area contributed by atoms with Gasteiger partial charge in [-0.2, -0.15) is 0 Å². The zero-order valence-corrected chi connectivity index (χ0v) is 18.0. The highest BCUT2D eigenvalue weighted by molar-refractivity contribution is 6.74. The van der Waals surface area contributed by atoms with Crippen molar-refractivity contribution in [2.45, 2.75) is 89.9 Å². The molecule has 0 rings (SSSR count). The summed E-state index contributed by atoms with van der Waals surface area (Å²) in [6.45, 7) is 19.7. The summed E-state index contributed by atoms with van der Waals surface area (Å²) in [6, 6.07) is -0.738. The number of ether oxygens (including phenoxy) is 1. The van der Waals surface area contributed by atoms with E-state index in [0.717, 1.165) is 0 Å². The van der Waals surface area contributed by atoms with Crippen molar-refractivity contribution in [3.05, 3.63) is 12.7 Å². The Bertz CT molecular complexity index is 497. The molecule has 0 unspecified atom stereocenters. The zero-order valence-electron chi connectivity index (χ0n) is 17.0. The van der Waals surface area contributed by atoms with Crippen molar-refractivity contribution in [3.8, 4) is 12.3 Å². The van der Waals surface area contributed by atoms with Crippen LogP contribution >= 0.6 is 0 Å². The van der Waals surface area contributed by atoms with Gasteiger partial charge in [-0.15, -0.1) is 18.9 Å². The molecule has 0 saturated heterocycles.